The fourth-order valence-corrected chi connectivity index (χ4v) is 2.23. The Labute approximate surface area is 174 Å². The number of carbonyl (C=O) groups is 3. The van der Waals surface area contributed by atoms with Gasteiger partial charge >= 0.3 is 41.1 Å². The third kappa shape index (κ3) is 4.69. The predicted octanol–water partition coefficient (Wildman–Crippen LogP) is -3.99. The van der Waals surface area contributed by atoms with Crippen LogP contribution in [-0.2, 0) is 42.8 Å². The number of rotatable bonds is 11. The lowest BCUT2D eigenvalue weighted by molar-refractivity contribution is -0.539. The van der Waals surface area contributed by atoms with Gasteiger partial charge in [-0.25, -0.2) is 0 Å². The number of methoxy groups -OCH3 is 3. The van der Waals surface area contributed by atoms with Crippen molar-refractivity contribution in [2.75, 3.05) is 21.3 Å². The molecule has 0 aromatic rings. The van der Waals surface area contributed by atoms with Crippen LogP contribution in [0.5, 0.6) is 0 Å². The fourth-order valence-electron chi connectivity index (χ4n) is 2.23. The van der Waals surface area contributed by atoms with E-state index in [1.54, 1.807) is 0 Å². The van der Waals surface area contributed by atoms with Crippen molar-refractivity contribution < 1.29 is 77.6 Å². The van der Waals surface area contributed by atoms with Crippen molar-refractivity contribution in [3.8, 4) is 0 Å². The van der Waals surface area contributed by atoms with Crippen molar-refractivity contribution in [3.63, 3.8) is 0 Å². The van der Waals surface area contributed by atoms with Crippen LogP contribution >= 0.6 is 0 Å². The molecule has 6 atom stereocenters. The molecule has 30 heavy (non-hydrogen) atoms. The van der Waals surface area contributed by atoms with Gasteiger partial charge < -0.3 is 59.1 Å². The summed E-state index contributed by atoms with van der Waals surface area (Å²) in [6.07, 6.45) is -6.18. The number of ether oxygens (including phenoxy) is 6. The molecular weight excluding hydrogens is 420 g/mol. The molecule has 2 unspecified atom stereocenters. The molecule has 0 aromatic heterocycles. The molecular formula is C15H26O15. The van der Waals surface area contributed by atoms with Crippen molar-refractivity contribution in [2.24, 2.45) is 0 Å². The highest BCUT2D eigenvalue weighted by Gasteiger charge is 2.81. The van der Waals surface area contributed by atoms with Gasteiger partial charge in [-0.3, -0.25) is 14.4 Å². The van der Waals surface area contributed by atoms with Gasteiger partial charge in [-0.2, -0.15) is 0 Å². The number of carbonyl (C=O) groups excluding carboxylic acids is 3. The number of hydrogen-bond donors (Lipinski definition) is 6. The van der Waals surface area contributed by atoms with Crippen molar-refractivity contribution in [1.29, 1.82) is 0 Å². The van der Waals surface area contributed by atoms with E-state index in [1.165, 1.54) is 0 Å². The molecule has 176 valence electrons. The summed E-state index contributed by atoms with van der Waals surface area (Å²) in [5.74, 6) is -21.8. The molecule has 0 bridgehead atoms. The molecule has 0 fully saturated rings. The van der Waals surface area contributed by atoms with Crippen molar-refractivity contribution in [1.82, 2.24) is 0 Å². The van der Waals surface area contributed by atoms with Gasteiger partial charge in [-0.05, 0) is 0 Å². The molecule has 0 aliphatic carbocycles. The fraction of sp³-hybridized carbons (Fsp3) is 0.800. The Bertz CT molecular complexity index is 697. The summed E-state index contributed by atoms with van der Waals surface area (Å²) in [4.78, 5) is 34.6. The zero-order valence-electron chi connectivity index (χ0n) is 19.1. The van der Waals surface area contributed by atoms with E-state index in [4.69, 9.17) is 4.11 Å². The van der Waals surface area contributed by atoms with E-state index in [-0.39, 0.29) is 0 Å². The Morgan fingerprint density at radius 1 is 0.733 bits per heavy atom. The molecule has 0 amide bonds. The van der Waals surface area contributed by atoms with Gasteiger partial charge in [0.1, 0.15) is 0 Å². The van der Waals surface area contributed by atoms with Gasteiger partial charge in [-0.15, -0.1) is 0 Å². The van der Waals surface area contributed by atoms with Crippen LogP contribution in [0.3, 0.4) is 0 Å². The molecule has 0 rings (SSSR count). The van der Waals surface area contributed by atoms with Crippen molar-refractivity contribution in [3.05, 3.63) is 0 Å². The monoisotopic (exact) mass is 449 g/mol. The van der Waals surface area contributed by atoms with Gasteiger partial charge in [0.25, 0.3) is 6.29 Å². The summed E-state index contributed by atoms with van der Waals surface area (Å²) in [6, 6.07) is 0. The maximum absolute atomic E-state index is 11.7. The first-order valence-electron chi connectivity index (χ1n) is 9.74. The minimum Gasteiger partial charge on any atom is -0.430 e. The molecule has 0 saturated heterocycles. The highest BCUT2D eigenvalue weighted by molar-refractivity contribution is 5.68. The van der Waals surface area contributed by atoms with Crippen LogP contribution in [0, 0.1) is 0 Å². The summed E-state index contributed by atoms with van der Waals surface area (Å²) in [5.41, 5.74) is 0. The van der Waals surface area contributed by atoms with E-state index in [9.17, 15) is 45.0 Å². The number of aliphatic hydroxyl groups excluding tert-OH is 2. The Hall–Kier alpha value is -1.95. The van der Waals surface area contributed by atoms with Crippen LogP contribution in [0.25, 0.3) is 0 Å². The summed E-state index contributed by atoms with van der Waals surface area (Å²) in [5, 5.41) is 64.3. The second-order valence-corrected chi connectivity index (χ2v) is 5.64. The van der Waals surface area contributed by atoms with Crippen molar-refractivity contribution in [2.45, 2.75) is 56.5 Å². The summed E-state index contributed by atoms with van der Waals surface area (Å²) in [7, 11) is -4.16. The third-order valence-corrected chi connectivity index (χ3v) is 3.56. The Morgan fingerprint density at radius 3 is 1.67 bits per heavy atom. The molecule has 0 saturated carbocycles. The van der Waals surface area contributed by atoms with E-state index in [0.717, 1.165) is 0 Å². The number of hydrogen-bond acceptors (Lipinski definition) is 15. The normalized spacial score (nSPS) is 22.9. The van der Waals surface area contributed by atoms with Crippen LogP contribution in [-0.4, -0.2) is 106 Å². The quantitative estimate of drug-likeness (QED) is 0.100. The molecule has 15 nitrogen and oxygen atoms in total. The maximum atomic E-state index is 11.7. The van der Waals surface area contributed by atoms with E-state index in [2.05, 4.69) is 28.4 Å². The van der Waals surface area contributed by atoms with E-state index in [0.29, 0.717) is 20.8 Å². The zero-order valence-corrected chi connectivity index (χ0v) is 16.1. The van der Waals surface area contributed by atoms with Gasteiger partial charge in [0.05, 0.1) is 4.11 Å². The van der Waals surface area contributed by atoms with E-state index >= 15 is 0 Å². The molecule has 0 aromatic carbocycles. The van der Waals surface area contributed by atoms with Gasteiger partial charge in [0, 0.05) is 42.0 Å². The van der Waals surface area contributed by atoms with Gasteiger partial charge in [0.15, 0.2) is 0 Å². The maximum Gasteiger partial charge on any atom is 0.334 e. The molecule has 0 radical (unpaired) electrons. The molecule has 6 N–H and O–H groups in total. The first-order chi connectivity index (χ1) is 15.0. The van der Waals surface area contributed by atoms with Crippen LogP contribution in [0.4, 0.5) is 0 Å². The highest BCUT2D eigenvalue weighted by Crippen LogP contribution is 2.46. The minimum absolute atomic E-state index is 0.535. The predicted molar refractivity (Wildman–Crippen MR) is 88.1 cm³/mol. The Morgan fingerprint density at radius 2 is 1.27 bits per heavy atom. The Kier molecular flexibility index (Phi) is 7.50. The smallest absolute Gasteiger partial charge is 0.334 e. The molecule has 0 heterocycles. The average Bonchev–Trinajstić information content (AvgIpc) is 2.66. The van der Waals surface area contributed by atoms with Crippen LogP contribution < -0.4 is 0 Å². The lowest BCUT2D eigenvalue weighted by atomic mass is 9.87. The van der Waals surface area contributed by atoms with Crippen molar-refractivity contribution >= 4 is 17.9 Å². The lowest BCUT2D eigenvalue weighted by Gasteiger charge is -2.53. The topological polar surface area (TPSA) is 228 Å². The zero-order chi connectivity index (χ0) is 26.3. The number of aliphatic hydroxyl groups is 6. The van der Waals surface area contributed by atoms with Crippen LogP contribution in [0.15, 0.2) is 0 Å². The second kappa shape index (κ2) is 9.90. The number of esters is 3. The SMILES string of the molecule is [2H]COC(O)[C@](O)(OC(C)=O)[C@](O)(OC[2H])[C@@](O)(OC(C)=O)[C@](O)(OC[2H])C(O)OC(C)=O. The summed E-state index contributed by atoms with van der Waals surface area (Å²) in [6.45, 7) is 1.81. The molecule has 0 spiro atoms. The van der Waals surface area contributed by atoms with Crippen LogP contribution in [0.2, 0.25) is 0 Å². The minimum atomic E-state index is -4.49. The molecule has 0 aliphatic rings. The first kappa shape index (κ1) is 22.7. The average molecular weight is 449 g/mol. The lowest BCUT2D eigenvalue weighted by Crippen LogP contribution is -2.83. The highest BCUT2D eigenvalue weighted by atomic mass is 16.8. The largest absolute Gasteiger partial charge is 0.430 e. The van der Waals surface area contributed by atoms with E-state index < -0.39 is 74.9 Å². The molecule has 15 heteroatoms. The third-order valence-electron chi connectivity index (χ3n) is 3.56. The Balaban J connectivity index is 7.41. The standard InChI is InChI=1S/C15H26O15/c1-7(16)28-11(20)12(21,26-5)15(24,30-9(3)18)14(23,27-6)13(22,10(19)25-4)29-8(2)17/h10-11,19-24H,1-6H3/t10?,11?,12-,13+,14+,15+/m1/s1/i4D,5D,6D. The van der Waals surface area contributed by atoms with Crippen LogP contribution in [0.1, 0.15) is 24.9 Å². The molecule has 0 aliphatic heterocycles. The second-order valence-electron chi connectivity index (χ2n) is 5.64. The first-order valence-corrected chi connectivity index (χ1v) is 7.62. The van der Waals surface area contributed by atoms with Gasteiger partial charge in [-0.1, -0.05) is 0 Å². The summed E-state index contributed by atoms with van der Waals surface area (Å²) < 4.78 is 47.6. The summed E-state index contributed by atoms with van der Waals surface area (Å²) >= 11 is 0. The van der Waals surface area contributed by atoms with Gasteiger partial charge in [0.2, 0.25) is 6.29 Å². The van der Waals surface area contributed by atoms with E-state index in [1.807, 2.05) is 0 Å².